The lowest BCUT2D eigenvalue weighted by molar-refractivity contribution is 0.102. The minimum Gasteiger partial charge on any atom is -0.490 e. The molecule has 17 heavy (non-hydrogen) atoms. The van der Waals surface area contributed by atoms with E-state index >= 15 is 0 Å². The molecule has 1 aliphatic heterocycles. The van der Waals surface area contributed by atoms with Gasteiger partial charge in [-0.25, -0.2) is 0 Å². The Morgan fingerprint density at radius 3 is 3.00 bits per heavy atom. The first-order valence-electron chi connectivity index (χ1n) is 6.33. The number of hydrogen-bond donors (Lipinski definition) is 1. The normalized spacial score (nSPS) is 24.9. The van der Waals surface area contributed by atoms with Gasteiger partial charge in [0.2, 0.25) is 0 Å². The highest BCUT2D eigenvalue weighted by Crippen LogP contribution is 2.37. The summed E-state index contributed by atoms with van der Waals surface area (Å²) in [6.45, 7) is 4.47. The van der Waals surface area contributed by atoms with Crippen LogP contribution in [0.25, 0.3) is 0 Å². The van der Waals surface area contributed by atoms with E-state index < -0.39 is 0 Å². The van der Waals surface area contributed by atoms with Crippen LogP contribution in [0.4, 0.5) is 0 Å². The van der Waals surface area contributed by atoms with Crippen LogP contribution in [0.3, 0.4) is 0 Å². The van der Waals surface area contributed by atoms with Gasteiger partial charge in [0, 0.05) is 22.5 Å². The Balaban J connectivity index is 2.18. The molecule has 2 nitrogen and oxygen atoms in total. The fourth-order valence-corrected chi connectivity index (χ4v) is 2.87. The number of benzene rings is 1. The molecule has 0 saturated carbocycles. The predicted octanol–water partition coefficient (Wildman–Crippen LogP) is 4.04. The van der Waals surface area contributed by atoms with Crippen LogP contribution < -0.4 is 10.5 Å². The molecule has 0 amide bonds. The summed E-state index contributed by atoms with van der Waals surface area (Å²) in [5.74, 6) is 1.53. The average molecular weight is 298 g/mol. The maximum atomic E-state index is 6.24. The van der Waals surface area contributed by atoms with Crippen LogP contribution >= 0.6 is 15.9 Å². The summed E-state index contributed by atoms with van der Waals surface area (Å²) in [6, 6.07) is 6.20. The lowest BCUT2D eigenvalue weighted by Crippen LogP contribution is -2.34. The third kappa shape index (κ3) is 2.83. The van der Waals surface area contributed by atoms with Gasteiger partial charge >= 0.3 is 0 Å². The molecule has 0 bridgehead atoms. The van der Waals surface area contributed by atoms with E-state index in [1.54, 1.807) is 0 Å². The van der Waals surface area contributed by atoms with Crippen LogP contribution in [-0.4, -0.2) is 6.10 Å². The van der Waals surface area contributed by atoms with Gasteiger partial charge in [0.15, 0.2) is 0 Å². The van der Waals surface area contributed by atoms with Crippen LogP contribution in [0.15, 0.2) is 22.7 Å². The first-order chi connectivity index (χ1) is 8.11. The van der Waals surface area contributed by atoms with Gasteiger partial charge < -0.3 is 10.5 Å². The zero-order valence-corrected chi connectivity index (χ0v) is 12.0. The van der Waals surface area contributed by atoms with Gasteiger partial charge in [-0.3, -0.25) is 0 Å². The van der Waals surface area contributed by atoms with Crippen molar-refractivity contribution < 1.29 is 4.74 Å². The van der Waals surface area contributed by atoms with Crippen molar-refractivity contribution in [1.29, 1.82) is 0 Å². The van der Waals surface area contributed by atoms with Gasteiger partial charge in [-0.1, -0.05) is 36.2 Å². The van der Waals surface area contributed by atoms with Crippen LogP contribution in [0.5, 0.6) is 5.75 Å². The molecule has 3 atom stereocenters. The third-order valence-electron chi connectivity index (χ3n) is 3.51. The second-order valence-corrected chi connectivity index (χ2v) is 5.86. The minimum atomic E-state index is 0.0977. The van der Waals surface area contributed by atoms with Crippen LogP contribution in [0.1, 0.15) is 44.7 Å². The molecule has 1 aromatic rings. The zero-order chi connectivity index (χ0) is 12.4. The molecule has 1 aromatic carbocycles. The highest BCUT2D eigenvalue weighted by molar-refractivity contribution is 9.10. The van der Waals surface area contributed by atoms with Gasteiger partial charge in [0.05, 0.1) is 0 Å². The van der Waals surface area contributed by atoms with Crippen molar-refractivity contribution in [3.63, 3.8) is 0 Å². The van der Waals surface area contributed by atoms with E-state index in [1.165, 1.54) is 12.8 Å². The van der Waals surface area contributed by atoms with E-state index in [-0.39, 0.29) is 12.1 Å². The number of nitrogens with two attached hydrogens (primary N) is 1. The van der Waals surface area contributed by atoms with E-state index in [1.807, 2.05) is 12.1 Å². The van der Waals surface area contributed by atoms with Crippen molar-refractivity contribution in [2.75, 3.05) is 0 Å². The molecule has 0 aromatic heterocycles. The molecule has 0 saturated heterocycles. The summed E-state index contributed by atoms with van der Waals surface area (Å²) in [5, 5.41) is 0. The van der Waals surface area contributed by atoms with E-state index in [2.05, 4.69) is 35.8 Å². The van der Waals surface area contributed by atoms with Crippen LogP contribution in [-0.2, 0) is 0 Å². The standard InChI is InChI=1S/C14H20BrNO/c1-3-4-9(2)14-8-12(16)11-7-10(15)5-6-13(11)17-14/h5-7,9,12,14H,3-4,8,16H2,1-2H3/t9?,12-,14?/m0/s1. The Hall–Kier alpha value is -0.540. The molecule has 1 heterocycles. The molecule has 94 valence electrons. The van der Waals surface area contributed by atoms with Crippen molar-refractivity contribution in [1.82, 2.24) is 0 Å². The van der Waals surface area contributed by atoms with Crippen molar-refractivity contribution in [3.8, 4) is 5.75 Å². The fraction of sp³-hybridized carbons (Fsp3) is 0.571. The van der Waals surface area contributed by atoms with Crippen molar-refractivity contribution in [3.05, 3.63) is 28.2 Å². The molecule has 3 heteroatoms. The second-order valence-electron chi connectivity index (χ2n) is 4.95. The second kappa shape index (κ2) is 5.40. The molecule has 0 radical (unpaired) electrons. The summed E-state index contributed by atoms with van der Waals surface area (Å²) in [4.78, 5) is 0. The van der Waals surface area contributed by atoms with Crippen LogP contribution in [0, 0.1) is 5.92 Å². The van der Waals surface area contributed by atoms with E-state index in [4.69, 9.17) is 10.5 Å². The zero-order valence-electron chi connectivity index (χ0n) is 10.4. The number of halogens is 1. The quantitative estimate of drug-likeness (QED) is 0.914. The first-order valence-corrected chi connectivity index (χ1v) is 7.12. The molecule has 0 aliphatic carbocycles. The summed E-state index contributed by atoms with van der Waals surface area (Å²) in [5.41, 5.74) is 7.36. The Morgan fingerprint density at radius 1 is 1.53 bits per heavy atom. The average Bonchev–Trinajstić information content (AvgIpc) is 2.30. The molecular weight excluding hydrogens is 278 g/mol. The number of rotatable bonds is 3. The van der Waals surface area contributed by atoms with Crippen LogP contribution in [0.2, 0.25) is 0 Å². The summed E-state index contributed by atoms with van der Waals surface area (Å²) >= 11 is 3.48. The number of hydrogen-bond acceptors (Lipinski definition) is 2. The van der Waals surface area contributed by atoms with Gasteiger partial charge in [0.25, 0.3) is 0 Å². The highest BCUT2D eigenvalue weighted by Gasteiger charge is 2.29. The largest absolute Gasteiger partial charge is 0.490 e. The third-order valence-corrected chi connectivity index (χ3v) is 4.01. The Labute approximate surface area is 112 Å². The predicted molar refractivity (Wildman–Crippen MR) is 74.2 cm³/mol. The molecular formula is C14H20BrNO. The Morgan fingerprint density at radius 2 is 2.29 bits per heavy atom. The first kappa shape index (κ1) is 12.9. The maximum absolute atomic E-state index is 6.24. The van der Waals surface area contributed by atoms with Crippen molar-refractivity contribution in [2.24, 2.45) is 11.7 Å². The Bertz CT molecular complexity index is 394. The van der Waals surface area contributed by atoms with Crippen molar-refractivity contribution in [2.45, 2.75) is 45.3 Å². The Kier molecular flexibility index (Phi) is 4.10. The fourth-order valence-electron chi connectivity index (χ4n) is 2.49. The summed E-state index contributed by atoms with van der Waals surface area (Å²) in [6.07, 6.45) is 3.58. The smallest absolute Gasteiger partial charge is 0.124 e. The highest BCUT2D eigenvalue weighted by atomic mass is 79.9. The van der Waals surface area contributed by atoms with E-state index in [9.17, 15) is 0 Å². The topological polar surface area (TPSA) is 35.2 Å². The molecule has 2 N–H and O–H groups in total. The monoisotopic (exact) mass is 297 g/mol. The summed E-state index contributed by atoms with van der Waals surface area (Å²) in [7, 11) is 0. The van der Waals surface area contributed by atoms with Gasteiger partial charge in [0.1, 0.15) is 11.9 Å². The lowest BCUT2D eigenvalue weighted by atomic mass is 9.89. The van der Waals surface area contributed by atoms with Crippen molar-refractivity contribution >= 4 is 15.9 Å². The molecule has 2 unspecified atom stereocenters. The van der Waals surface area contributed by atoms with Gasteiger partial charge in [-0.2, -0.15) is 0 Å². The number of fused-ring (bicyclic) bond motifs is 1. The maximum Gasteiger partial charge on any atom is 0.124 e. The molecule has 0 spiro atoms. The minimum absolute atomic E-state index is 0.0977. The summed E-state index contributed by atoms with van der Waals surface area (Å²) < 4.78 is 7.14. The SMILES string of the molecule is CCCC(C)C1C[C@H](N)c2cc(Br)ccc2O1. The van der Waals surface area contributed by atoms with E-state index in [0.717, 1.165) is 22.2 Å². The molecule has 0 fully saturated rings. The lowest BCUT2D eigenvalue weighted by Gasteiger charge is -2.33. The molecule has 1 aliphatic rings. The van der Waals surface area contributed by atoms with Gasteiger partial charge in [-0.05, 0) is 30.5 Å². The van der Waals surface area contributed by atoms with E-state index in [0.29, 0.717) is 5.92 Å². The van der Waals surface area contributed by atoms with Gasteiger partial charge in [-0.15, -0.1) is 0 Å². The number of ether oxygens (including phenoxy) is 1. The molecule has 2 rings (SSSR count).